The fraction of sp³-hybridized carbons (Fsp3) is 0.875. The minimum Gasteiger partial charge on any atom is -0.330 e. The van der Waals surface area contributed by atoms with Crippen molar-refractivity contribution in [3.05, 3.63) is 11.6 Å². The van der Waals surface area contributed by atoms with Crippen molar-refractivity contribution >= 4 is 0 Å². The molecule has 0 saturated heterocycles. The van der Waals surface area contributed by atoms with Gasteiger partial charge in [-0.25, -0.2) is 4.98 Å². The zero-order chi connectivity index (χ0) is 15.6. The fourth-order valence-electron chi connectivity index (χ4n) is 2.47. The van der Waals surface area contributed by atoms with Crippen molar-refractivity contribution in [1.29, 1.82) is 0 Å². The highest BCUT2D eigenvalue weighted by Crippen LogP contribution is 2.32. The highest BCUT2D eigenvalue weighted by atomic mass is 15.3. The summed E-state index contributed by atoms with van der Waals surface area (Å²) in [4.78, 5) is 4.72. The molecular formula is C16H32N4. The SMILES string of the molecule is Cn1nc(C(C)(C)C)nc1CCC(CCN)C(C)(C)C. The third-order valence-electron chi connectivity index (χ3n) is 3.98. The third-order valence-corrected chi connectivity index (χ3v) is 3.98. The Labute approximate surface area is 124 Å². The quantitative estimate of drug-likeness (QED) is 0.902. The lowest BCUT2D eigenvalue weighted by Gasteiger charge is -2.30. The molecule has 20 heavy (non-hydrogen) atoms. The lowest BCUT2D eigenvalue weighted by Crippen LogP contribution is -2.24. The molecule has 116 valence electrons. The third kappa shape index (κ3) is 4.58. The Morgan fingerprint density at radius 2 is 1.70 bits per heavy atom. The average Bonchev–Trinajstić information content (AvgIpc) is 2.64. The van der Waals surface area contributed by atoms with Gasteiger partial charge < -0.3 is 5.73 Å². The van der Waals surface area contributed by atoms with E-state index < -0.39 is 0 Å². The molecule has 1 aromatic rings. The van der Waals surface area contributed by atoms with Gasteiger partial charge in [-0.15, -0.1) is 0 Å². The molecule has 1 atom stereocenters. The minimum absolute atomic E-state index is 0.0106. The molecule has 0 saturated carbocycles. The number of aryl methyl sites for hydroxylation is 2. The molecule has 0 radical (unpaired) electrons. The van der Waals surface area contributed by atoms with E-state index in [-0.39, 0.29) is 5.41 Å². The molecule has 1 heterocycles. The Hall–Kier alpha value is -0.900. The molecule has 0 aliphatic carbocycles. The smallest absolute Gasteiger partial charge is 0.156 e. The second-order valence-corrected chi connectivity index (χ2v) is 7.90. The number of rotatable bonds is 5. The summed E-state index contributed by atoms with van der Waals surface area (Å²) in [7, 11) is 1.99. The molecule has 4 nitrogen and oxygen atoms in total. The number of aromatic nitrogens is 3. The lowest BCUT2D eigenvalue weighted by atomic mass is 9.76. The predicted octanol–water partition coefficient (Wildman–Crippen LogP) is 3.06. The van der Waals surface area contributed by atoms with E-state index in [1.54, 1.807) is 0 Å². The first-order valence-corrected chi connectivity index (χ1v) is 7.66. The fourth-order valence-corrected chi connectivity index (χ4v) is 2.47. The van der Waals surface area contributed by atoms with E-state index in [1.165, 1.54) is 0 Å². The maximum Gasteiger partial charge on any atom is 0.156 e. The highest BCUT2D eigenvalue weighted by molar-refractivity contribution is 5.03. The molecule has 1 unspecified atom stereocenters. The van der Waals surface area contributed by atoms with Crippen molar-refractivity contribution in [1.82, 2.24) is 14.8 Å². The Balaban J connectivity index is 2.76. The van der Waals surface area contributed by atoms with Gasteiger partial charge in [0, 0.05) is 18.9 Å². The molecule has 1 aromatic heterocycles. The van der Waals surface area contributed by atoms with Crippen molar-refractivity contribution in [2.45, 2.75) is 66.2 Å². The Morgan fingerprint density at radius 3 is 2.10 bits per heavy atom. The summed E-state index contributed by atoms with van der Waals surface area (Å²) in [5.41, 5.74) is 6.06. The standard InChI is InChI=1S/C16H32N4/c1-15(2,3)12(10-11-17)8-9-13-18-14(16(4,5)6)19-20(13)7/h12H,8-11,17H2,1-7H3. The first kappa shape index (κ1) is 17.2. The van der Waals surface area contributed by atoms with Crippen molar-refractivity contribution in [2.24, 2.45) is 24.1 Å². The van der Waals surface area contributed by atoms with Crippen LogP contribution in [0.3, 0.4) is 0 Å². The van der Waals surface area contributed by atoms with Crippen molar-refractivity contribution in [3.8, 4) is 0 Å². The van der Waals surface area contributed by atoms with Crippen LogP contribution in [0.1, 0.15) is 66.0 Å². The summed E-state index contributed by atoms with van der Waals surface area (Å²) in [6.45, 7) is 14.1. The maximum atomic E-state index is 5.75. The maximum absolute atomic E-state index is 5.75. The first-order valence-electron chi connectivity index (χ1n) is 7.66. The second kappa shape index (κ2) is 6.25. The van der Waals surface area contributed by atoms with Gasteiger partial charge in [-0.1, -0.05) is 41.5 Å². The van der Waals surface area contributed by atoms with Crippen LogP contribution in [0.2, 0.25) is 0 Å². The van der Waals surface area contributed by atoms with Crippen LogP contribution in [0.25, 0.3) is 0 Å². The van der Waals surface area contributed by atoms with Crippen molar-refractivity contribution in [3.63, 3.8) is 0 Å². The van der Waals surface area contributed by atoms with Crippen LogP contribution < -0.4 is 5.73 Å². The Bertz CT molecular complexity index is 421. The van der Waals surface area contributed by atoms with E-state index in [4.69, 9.17) is 10.7 Å². The highest BCUT2D eigenvalue weighted by Gasteiger charge is 2.25. The van der Waals surface area contributed by atoms with Crippen molar-refractivity contribution < 1.29 is 0 Å². The van der Waals surface area contributed by atoms with Gasteiger partial charge >= 0.3 is 0 Å². The average molecular weight is 280 g/mol. The first-order chi connectivity index (χ1) is 9.05. The summed E-state index contributed by atoms with van der Waals surface area (Å²) in [5.74, 6) is 2.64. The number of nitrogens with zero attached hydrogens (tertiary/aromatic N) is 3. The van der Waals surface area contributed by atoms with Gasteiger partial charge in [0.1, 0.15) is 5.82 Å². The lowest BCUT2D eigenvalue weighted by molar-refractivity contribution is 0.213. The Morgan fingerprint density at radius 1 is 1.10 bits per heavy atom. The van der Waals surface area contributed by atoms with Crippen LogP contribution in [0.5, 0.6) is 0 Å². The van der Waals surface area contributed by atoms with Gasteiger partial charge in [0.25, 0.3) is 0 Å². The van der Waals surface area contributed by atoms with Gasteiger partial charge in [0.2, 0.25) is 0 Å². The molecular weight excluding hydrogens is 248 g/mol. The van der Waals surface area contributed by atoms with Gasteiger partial charge in [0.05, 0.1) is 0 Å². The zero-order valence-corrected chi connectivity index (χ0v) is 14.3. The number of nitrogens with two attached hydrogens (primary N) is 1. The second-order valence-electron chi connectivity index (χ2n) is 7.90. The topological polar surface area (TPSA) is 56.7 Å². The summed E-state index contributed by atoms with van der Waals surface area (Å²) in [6, 6.07) is 0. The van der Waals surface area contributed by atoms with Gasteiger partial charge in [-0.2, -0.15) is 5.10 Å². The normalized spacial score (nSPS) is 14.6. The van der Waals surface area contributed by atoms with Crippen LogP contribution in [0.4, 0.5) is 0 Å². The van der Waals surface area contributed by atoms with Crippen LogP contribution >= 0.6 is 0 Å². The van der Waals surface area contributed by atoms with E-state index in [1.807, 2.05) is 11.7 Å². The zero-order valence-electron chi connectivity index (χ0n) is 14.3. The van der Waals surface area contributed by atoms with Gasteiger partial charge in [0.15, 0.2) is 5.82 Å². The Kier molecular flexibility index (Phi) is 5.36. The molecule has 0 fully saturated rings. The van der Waals surface area contributed by atoms with E-state index in [0.29, 0.717) is 11.3 Å². The molecule has 0 aliphatic heterocycles. The van der Waals surface area contributed by atoms with Crippen LogP contribution in [-0.4, -0.2) is 21.3 Å². The van der Waals surface area contributed by atoms with E-state index in [9.17, 15) is 0 Å². The minimum atomic E-state index is 0.0106. The van der Waals surface area contributed by atoms with E-state index in [2.05, 4.69) is 46.6 Å². The number of hydrogen-bond donors (Lipinski definition) is 1. The van der Waals surface area contributed by atoms with Gasteiger partial charge in [-0.3, -0.25) is 4.68 Å². The summed E-state index contributed by atoms with van der Waals surface area (Å²) >= 11 is 0. The van der Waals surface area contributed by atoms with Crippen LogP contribution in [0, 0.1) is 11.3 Å². The van der Waals surface area contributed by atoms with Crippen LogP contribution in [0.15, 0.2) is 0 Å². The van der Waals surface area contributed by atoms with E-state index >= 15 is 0 Å². The summed E-state index contributed by atoms with van der Waals surface area (Å²) in [6.07, 6.45) is 3.17. The van der Waals surface area contributed by atoms with Crippen LogP contribution in [-0.2, 0) is 18.9 Å². The largest absolute Gasteiger partial charge is 0.330 e. The molecule has 0 bridgehead atoms. The number of hydrogen-bond acceptors (Lipinski definition) is 3. The predicted molar refractivity (Wildman–Crippen MR) is 84.6 cm³/mol. The monoisotopic (exact) mass is 280 g/mol. The molecule has 2 N–H and O–H groups in total. The summed E-state index contributed by atoms with van der Waals surface area (Å²) in [5, 5.41) is 4.55. The molecule has 0 aromatic carbocycles. The van der Waals surface area contributed by atoms with E-state index in [0.717, 1.165) is 37.5 Å². The summed E-state index contributed by atoms with van der Waals surface area (Å²) < 4.78 is 1.93. The van der Waals surface area contributed by atoms with Crippen molar-refractivity contribution in [2.75, 3.05) is 6.54 Å². The molecule has 1 rings (SSSR count). The molecule has 0 amide bonds. The molecule has 4 heteroatoms. The van der Waals surface area contributed by atoms with Gasteiger partial charge in [-0.05, 0) is 30.7 Å². The molecule has 0 aliphatic rings. The molecule has 0 spiro atoms.